The predicted octanol–water partition coefficient (Wildman–Crippen LogP) is 1.15. The molecule has 0 amide bonds. The molecule has 0 bridgehead atoms. The second kappa shape index (κ2) is 6.06. The molecule has 2 aliphatic rings. The fourth-order valence-corrected chi connectivity index (χ4v) is 4.91. The molecule has 2 atom stereocenters. The van der Waals surface area contributed by atoms with Crippen LogP contribution in [0.3, 0.4) is 0 Å². The smallest absolute Gasteiger partial charge is 0.151 e. The van der Waals surface area contributed by atoms with E-state index in [1.807, 2.05) is 6.92 Å². The van der Waals surface area contributed by atoms with Crippen molar-refractivity contribution in [3.63, 3.8) is 0 Å². The van der Waals surface area contributed by atoms with E-state index in [0.717, 1.165) is 37.3 Å². The quantitative estimate of drug-likeness (QED) is 0.812. The highest BCUT2D eigenvalue weighted by atomic mass is 32.2. The Bertz CT molecular complexity index is 578. The molecule has 6 nitrogen and oxygen atoms in total. The zero-order valence-corrected chi connectivity index (χ0v) is 13.1. The summed E-state index contributed by atoms with van der Waals surface area (Å²) in [7, 11) is -2.88. The Morgan fingerprint density at radius 3 is 2.86 bits per heavy atom. The predicted molar refractivity (Wildman–Crippen MR) is 77.7 cm³/mol. The van der Waals surface area contributed by atoms with Crippen LogP contribution in [-0.4, -0.2) is 55.3 Å². The molecule has 7 heteroatoms. The number of sulfone groups is 1. The van der Waals surface area contributed by atoms with E-state index < -0.39 is 9.84 Å². The number of hydrogen-bond acceptors (Lipinski definition) is 6. The standard InChI is InChI=1S/C14H22N2O4S/c1-11-12(7-15-20-11)8-16(9-14-3-2-5-19-14)13-4-6-21(17,18)10-13/h7,13-14H,2-6,8-10H2,1H3/t13-,14-/m1/s1. The maximum absolute atomic E-state index is 11.8. The van der Waals surface area contributed by atoms with Gasteiger partial charge in [-0.15, -0.1) is 0 Å². The third-order valence-electron chi connectivity index (χ3n) is 4.41. The maximum Gasteiger partial charge on any atom is 0.151 e. The molecular formula is C14H22N2O4S. The summed E-state index contributed by atoms with van der Waals surface area (Å²) in [6, 6.07) is 0.0773. The van der Waals surface area contributed by atoms with Gasteiger partial charge in [0.15, 0.2) is 9.84 Å². The van der Waals surface area contributed by atoms with Crippen LogP contribution in [0.4, 0.5) is 0 Å². The van der Waals surface area contributed by atoms with Crippen molar-refractivity contribution in [1.82, 2.24) is 10.1 Å². The lowest BCUT2D eigenvalue weighted by Crippen LogP contribution is -2.40. The minimum atomic E-state index is -2.88. The molecule has 0 spiro atoms. The van der Waals surface area contributed by atoms with Gasteiger partial charge in [0.1, 0.15) is 5.76 Å². The molecule has 0 N–H and O–H groups in total. The SMILES string of the molecule is Cc1oncc1CN(C[C@H]1CCCO1)[C@@H]1CCS(=O)(=O)C1. The number of hydrogen-bond donors (Lipinski definition) is 0. The van der Waals surface area contributed by atoms with Gasteiger partial charge in [0.25, 0.3) is 0 Å². The Labute approximate surface area is 125 Å². The zero-order valence-electron chi connectivity index (χ0n) is 12.3. The van der Waals surface area contributed by atoms with Crippen molar-refractivity contribution >= 4 is 9.84 Å². The summed E-state index contributed by atoms with van der Waals surface area (Å²) in [5.41, 5.74) is 1.03. The Kier molecular flexibility index (Phi) is 4.33. The maximum atomic E-state index is 11.8. The number of aromatic nitrogens is 1. The lowest BCUT2D eigenvalue weighted by atomic mass is 10.1. The highest BCUT2D eigenvalue weighted by Gasteiger charge is 2.34. The van der Waals surface area contributed by atoms with Crippen molar-refractivity contribution in [1.29, 1.82) is 0 Å². The summed E-state index contributed by atoms with van der Waals surface area (Å²) in [6.45, 7) is 4.16. The van der Waals surface area contributed by atoms with Crippen LogP contribution in [0.2, 0.25) is 0 Å². The Balaban J connectivity index is 1.72. The van der Waals surface area contributed by atoms with Gasteiger partial charge < -0.3 is 9.26 Å². The Hall–Kier alpha value is -0.920. The summed E-state index contributed by atoms with van der Waals surface area (Å²) in [5.74, 6) is 1.35. The average Bonchev–Trinajstić information content (AvgIpc) is 3.12. The van der Waals surface area contributed by atoms with Crippen LogP contribution in [0.5, 0.6) is 0 Å². The largest absolute Gasteiger partial charge is 0.377 e. The number of ether oxygens (including phenoxy) is 1. The van der Waals surface area contributed by atoms with Crippen molar-refractivity contribution in [3.05, 3.63) is 17.5 Å². The van der Waals surface area contributed by atoms with Crippen LogP contribution < -0.4 is 0 Å². The second-order valence-electron chi connectivity index (χ2n) is 6.03. The Morgan fingerprint density at radius 2 is 2.29 bits per heavy atom. The van der Waals surface area contributed by atoms with Crippen LogP contribution in [0, 0.1) is 6.92 Å². The lowest BCUT2D eigenvalue weighted by molar-refractivity contribution is 0.0573. The molecule has 118 valence electrons. The van der Waals surface area contributed by atoms with Crippen molar-refractivity contribution in [3.8, 4) is 0 Å². The molecule has 3 rings (SSSR count). The van der Waals surface area contributed by atoms with Crippen molar-refractivity contribution in [2.24, 2.45) is 0 Å². The van der Waals surface area contributed by atoms with Crippen LogP contribution in [0.15, 0.2) is 10.7 Å². The second-order valence-corrected chi connectivity index (χ2v) is 8.26. The van der Waals surface area contributed by atoms with Crippen LogP contribution in [-0.2, 0) is 21.1 Å². The molecule has 1 aromatic rings. The van der Waals surface area contributed by atoms with E-state index in [4.69, 9.17) is 9.26 Å². The third-order valence-corrected chi connectivity index (χ3v) is 6.16. The molecule has 2 fully saturated rings. The molecule has 2 aliphatic heterocycles. The van der Waals surface area contributed by atoms with Crippen molar-refractivity contribution in [2.45, 2.75) is 44.9 Å². The monoisotopic (exact) mass is 314 g/mol. The molecule has 0 radical (unpaired) electrons. The molecule has 0 unspecified atom stereocenters. The zero-order chi connectivity index (χ0) is 14.9. The van der Waals surface area contributed by atoms with E-state index in [2.05, 4.69) is 10.1 Å². The van der Waals surface area contributed by atoms with Gasteiger partial charge >= 0.3 is 0 Å². The minimum Gasteiger partial charge on any atom is -0.377 e. The molecule has 0 aliphatic carbocycles. The Morgan fingerprint density at radius 1 is 1.43 bits per heavy atom. The number of aryl methyl sites for hydroxylation is 1. The van der Waals surface area contributed by atoms with Gasteiger partial charge in [-0.2, -0.15) is 0 Å². The summed E-state index contributed by atoms with van der Waals surface area (Å²) < 4.78 is 34.4. The first-order valence-corrected chi connectivity index (χ1v) is 9.32. The molecular weight excluding hydrogens is 292 g/mol. The van der Waals surface area contributed by atoms with Crippen molar-refractivity contribution in [2.75, 3.05) is 24.7 Å². The molecule has 0 aromatic carbocycles. The van der Waals surface area contributed by atoms with E-state index in [9.17, 15) is 8.42 Å². The van der Waals surface area contributed by atoms with Gasteiger partial charge in [0, 0.05) is 31.3 Å². The third kappa shape index (κ3) is 3.64. The number of rotatable bonds is 5. The van der Waals surface area contributed by atoms with E-state index in [1.165, 1.54) is 0 Å². The first-order valence-electron chi connectivity index (χ1n) is 7.50. The van der Waals surface area contributed by atoms with Gasteiger partial charge in [-0.05, 0) is 26.2 Å². The van der Waals surface area contributed by atoms with Gasteiger partial charge in [0.2, 0.25) is 0 Å². The van der Waals surface area contributed by atoms with Crippen LogP contribution in [0.1, 0.15) is 30.6 Å². The van der Waals surface area contributed by atoms with Crippen LogP contribution >= 0.6 is 0 Å². The van der Waals surface area contributed by atoms with Gasteiger partial charge in [-0.25, -0.2) is 8.42 Å². The molecule has 21 heavy (non-hydrogen) atoms. The van der Waals surface area contributed by atoms with E-state index >= 15 is 0 Å². The highest BCUT2D eigenvalue weighted by molar-refractivity contribution is 7.91. The highest BCUT2D eigenvalue weighted by Crippen LogP contribution is 2.23. The lowest BCUT2D eigenvalue weighted by Gasteiger charge is -2.29. The molecule has 2 saturated heterocycles. The first kappa shape index (κ1) is 15.0. The fourth-order valence-electron chi connectivity index (χ4n) is 3.15. The normalized spacial score (nSPS) is 28.5. The van der Waals surface area contributed by atoms with Gasteiger partial charge in [-0.1, -0.05) is 5.16 Å². The average molecular weight is 314 g/mol. The summed E-state index contributed by atoms with van der Waals surface area (Å²) in [5, 5.41) is 3.81. The van der Waals surface area contributed by atoms with Crippen molar-refractivity contribution < 1.29 is 17.7 Å². The molecule has 0 saturated carbocycles. The summed E-state index contributed by atoms with van der Waals surface area (Å²) in [6.07, 6.45) is 4.79. The number of nitrogens with zero attached hydrogens (tertiary/aromatic N) is 2. The van der Waals surface area contributed by atoms with Gasteiger partial charge in [0.05, 0.1) is 23.8 Å². The van der Waals surface area contributed by atoms with Crippen LogP contribution in [0.25, 0.3) is 0 Å². The summed E-state index contributed by atoms with van der Waals surface area (Å²) in [4.78, 5) is 2.24. The van der Waals surface area contributed by atoms with E-state index in [-0.39, 0.29) is 17.9 Å². The topological polar surface area (TPSA) is 72.6 Å². The van der Waals surface area contributed by atoms with E-state index in [0.29, 0.717) is 18.7 Å². The first-order chi connectivity index (χ1) is 10.0. The van der Waals surface area contributed by atoms with Gasteiger partial charge in [-0.3, -0.25) is 4.90 Å². The minimum absolute atomic E-state index is 0.0773. The summed E-state index contributed by atoms with van der Waals surface area (Å²) >= 11 is 0. The van der Waals surface area contributed by atoms with E-state index in [1.54, 1.807) is 6.20 Å². The molecule has 3 heterocycles. The molecule has 1 aromatic heterocycles. The fraction of sp³-hybridized carbons (Fsp3) is 0.786.